The number of carbonyl (C=O) groups excluding carboxylic acids is 1. The summed E-state index contributed by atoms with van der Waals surface area (Å²) >= 11 is 0. The number of benzene rings is 1. The molecule has 0 fully saturated rings. The van der Waals surface area contributed by atoms with E-state index in [4.69, 9.17) is 0 Å². The van der Waals surface area contributed by atoms with E-state index in [2.05, 4.69) is 0 Å². The van der Waals surface area contributed by atoms with E-state index in [1.54, 1.807) is 12.1 Å². The van der Waals surface area contributed by atoms with Crippen molar-refractivity contribution in [2.75, 3.05) is 19.0 Å². The molecule has 0 aliphatic carbocycles. The van der Waals surface area contributed by atoms with E-state index in [0.717, 1.165) is 5.69 Å². The van der Waals surface area contributed by atoms with Gasteiger partial charge >= 0.3 is 6.04 Å². The fourth-order valence-corrected chi connectivity index (χ4v) is 0.891. The highest BCUT2D eigenvalue weighted by atomic mass is 19.1. The summed E-state index contributed by atoms with van der Waals surface area (Å²) in [5.41, 5.74) is 1.04. The molecule has 1 rings (SSSR count). The fraction of sp³-hybridized carbons (Fsp3) is 0.222. The Kier molecular flexibility index (Phi) is 2.43. The summed E-state index contributed by atoms with van der Waals surface area (Å²) in [6, 6.07) is 4.95. The largest absolute Gasteiger partial charge is 0.378 e. The number of anilines is 1. The zero-order valence-corrected chi connectivity index (χ0v) is 7.04. The van der Waals surface area contributed by atoms with Gasteiger partial charge < -0.3 is 4.90 Å². The highest BCUT2D eigenvalue weighted by molar-refractivity contribution is 5.88. The molecule has 2 nitrogen and oxygen atoms in total. The van der Waals surface area contributed by atoms with Gasteiger partial charge in [0.05, 0.1) is 5.56 Å². The van der Waals surface area contributed by atoms with Gasteiger partial charge in [-0.1, -0.05) is 0 Å². The van der Waals surface area contributed by atoms with Crippen molar-refractivity contribution >= 4 is 11.7 Å². The zero-order valence-electron chi connectivity index (χ0n) is 7.04. The predicted molar refractivity (Wildman–Crippen MR) is 46.2 cm³/mol. The van der Waals surface area contributed by atoms with Gasteiger partial charge in [-0.3, -0.25) is 4.79 Å². The minimum Gasteiger partial charge on any atom is -0.378 e. The molecule has 0 aliphatic rings. The zero-order chi connectivity index (χ0) is 9.14. The van der Waals surface area contributed by atoms with Crippen LogP contribution in [0.4, 0.5) is 10.1 Å². The second-order valence-corrected chi connectivity index (χ2v) is 2.72. The molecule has 64 valence electrons. The Morgan fingerprint density at radius 3 is 2.08 bits per heavy atom. The van der Waals surface area contributed by atoms with Crippen molar-refractivity contribution in [1.29, 1.82) is 0 Å². The number of carbonyl (C=O) groups is 1. The maximum absolute atomic E-state index is 12.1. The summed E-state index contributed by atoms with van der Waals surface area (Å²) in [4.78, 5) is 12.1. The van der Waals surface area contributed by atoms with Crippen LogP contribution in [0.5, 0.6) is 0 Å². The molecule has 0 aromatic heterocycles. The van der Waals surface area contributed by atoms with Crippen LogP contribution in [0.15, 0.2) is 24.3 Å². The maximum atomic E-state index is 12.1. The Morgan fingerprint density at radius 2 is 1.75 bits per heavy atom. The second kappa shape index (κ2) is 3.34. The van der Waals surface area contributed by atoms with Crippen LogP contribution >= 0.6 is 0 Å². The standard InChI is InChI=1S/C9H10FNO/c1-11(2)8-5-3-7(4-6-8)9(10)12/h3-6H,1-2H3. The first-order valence-electron chi connectivity index (χ1n) is 3.58. The smallest absolute Gasteiger partial charge is 0.332 e. The first-order valence-corrected chi connectivity index (χ1v) is 3.58. The summed E-state index contributed by atoms with van der Waals surface area (Å²) < 4.78 is 12.1. The van der Waals surface area contributed by atoms with Crippen LogP contribution in [-0.4, -0.2) is 20.1 Å². The molecule has 0 radical (unpaired) electrons. The molecule has 0 saturated heterocycles. The Labute approximate surface area is 70.6 Å². The lowest BCUT2D eigenvalue weighted by molar-refractivity contribution is 0.0836. The van der Waals surface area contributed by atoms with Crippen molar-refractivity contribution in [3.8, 4) is 0 Å². The van der Waals surface area contributed by atoms with E-state index in [1.807, 2.05) is 19.0 Å². The number of hydrogen-bond acceptors (Lipinski definition) is 2. The van der Waals surface area contributed by atoms with Crippen molar-refractivity contribution in [3.63, 3.8) is 0 Å². The van der Waals surface area contributed by atoms with Crippen LogP contribution in [0.3, 0.4) is 0 Å². The van der Waals surface area contributed by atoms with Crippen molar-refractivity contribution in [3.05, 3.63) is 29.8 Å². The van der Waals surface area contributed by atoms with Gasteiger partial charge in [0.15, 0.2) is 0 Å². The molecule has 0 bridgehead atoms. The topological polar surface area (TPSA) is 20.3 Å². The van der Waals surface area contributed by atoms with E-state index >= 15 is 0 Å². The summed E-state index contributed by atoms with van der Waals surface area (Å²) in [5, 5.41) is 0. The minimum absolute atomic E-state index is 0.0978. The van der Waals surface area contributed by atoms with Crippen molar-refractivity contribution in [2.45, 2.75) is 0 Å². The summed E-state index contributed by atoms with van der Waals surface area (Å²) in [7, 11) is 3.76. The molecule has 12 heavy (non-hydrogen) atoms. The summed E-state index contributed by atoms with van der Waals surface area (Å²) in [6.07, 6.45) is 0. The van der Waals surface area contributed by atoms with Gasteiger partial charge in [-0.2, -0.15) is 4.39 Å². The molecular weight excluding hydrogens is 157 g/mol. The van der Waals surface area contributed by atoms with E-state index in [1.165, 1.54) is 12.1 Å². The van der Waals surface area contributed by atoms with Crippen molar-refractivity contribution in [1.82, 2.24) is 0 Å². The fourth-order valence-electron chi connectivity index (χ4n) is 0.891. The first-order chi connectivity index (χ1) is 5.61. The number of halogens is 1. The highest BCUT2D eigenvalue weighted by Crippen LogP contribution is 2.12. The molecule has 0 atom stereocenters. The van der Waals surface area contributed by atoms with Gasteiger partial charge in [-0.25, -0.2) is 0 Å². The SMILES string of the molecule is CN(C)c1ccc(C(=O)F)cc1. The Bertz CT molecular complexity index is 279. The Hall–Kier alpha value is -1.38. The van der Waals surface area contributed by atoms with E-state index in [9.17, 15) is 9.18 Å². The van der Waals surface area contributed by atoms with Crippen LogP contribution in [0, 0.1) is 0 Å². The maximum Gasteiger partial charge on any atom is 0.332 e. The van der Waals surface area contributed by atoms with E-state index in [0.29, 0.717) is 0 Å². The van der Waals surface area contributed by atoms with Gasteiger partial charge in [-0.05, 0) is 24.3 Å². The molecule has 1 aromatic rings. The normalized spacial score (nSPS) is 9.58. The molecule has 0 aliphatic heterocycles. The molecule has 0 unspecified atom stereocenters. The van der Waals surface area contributed by atoms with Gasteiger partial charge in [0.25, 0.3) is 0 Å². The molecule has 0 N–H and O–H groups in total. The Morgan fingerprint density at radius 1 is 1.25 bits per heavy atom. The van der Waals surface area contributed by atoms with Gasteiger partial charge in [0, 0.05) is 19.8 Å². The molecule has 0 amide bonds. The van der Waals surface area contributed by atoms with Gasteiger partial charge in [0.1, 0.15) is 0 Å². The molecular formula is C9H10FNO. The average Bonchev–Trinajstić information content (AvgIpc) is 2.04. The number of rotatable bonds is 2. The van der Waals surface area contributed by atoms with Crippen molar-refractivity contribution < 1.29 is 9.18 Å². The lowest BCUT2D eigenvalue weighted by Gasteiger charge is -2.11. The van der Waals surface area contributed by atoms with Crippen LogP contribution in [0.1, 0.15) is 10.4 Å². The third-order valence-electron chi connectivity index (χ3n) is 1.61. The minimum atomic E-state index is -1.39. The summed E-state index contributed by atoms with van der Waals surface area (Å²) in [6.45, 7) is 0. The van der Waals surface area contributed by atoms with Gasteiger partial charge in [-0.15, -0.1) is 0 Å². The molecule has 1 aromatic carbocycles. The summed E-state index contributed by atoms with van der Waals surface area (Å²) in [5.74, 6) is 0. The highest BCUT2D eigenvalue weighted by Gasteiger charge is 2.02. The lowest BCUT2D eigenvalue weighted by Crippen LogP contribution is -2.08. The molecule has 3 heteroatoms. The van der Waals surface area contributed by atoms with Gasteiger partial charge in [0.2, 0.25) is 0 Å². The van der Waals surface area contributed by atoms with Crippen LogP contribution in [0.2, 0.25) is 0 Å². The molecule has 0 spiro atoms. The van der Waals surface area contributed by atoms with Crippen LogP contribution in [0.25, 0.3) is 0 Å². The van der Waals surface area contributed by atoms with Crippen LogP contribution in [-0.2, 0) is 0 Å². The third kappa shape index (κ3) is 1.81. The van der Waals surface area contributed by atoms with Crippen LogP contribution < -0.4 is 4.90 Å². The van der Waals surface area contributed by atoms with Crippen molar-refractivity contribution in [2.24, 2.45) is 0 Å². The first kappa shape index (κ1) is 8.71. The van der Waals surface area contributed by atoms with E-state index in [-0.39, 0.29) is 5.56 Å². The number of nitrogens with zero attached hydrogens (tertiary/aromatic N) is 1. The average molecular weight is 167 g/mol. The number of hydrogen-bond donors (Lipinski definition) is 0. The Balaban J connectivity index is 2.93. The molecule has 0 heterocycles. The third-order valence-corrected chi connectivity index (χ3v) is 1.61. The van der Waals surface area contributed by atoms with E-state index < -0.39 is 6.04 Å². The lowest BCUT2D eigenvalue weighted by atomic mass is 10.2. The monoisotopic (exact) mass is 167 g/mol. The predicted octanol–water partition coefficient (Wildman–Crippen LogP) is 1.86. The quantitative estimate of drug-likeness (QED) is 0.626. The second-order valence-electron chi connectivity index (χ2n) is 2.72. The molecule has 0 saturated carbocycles.